The van der Waals surface area contributed by atoms with E-state index in [0.717, 1.165) is 5.56 Å². The smallest absolute Gasteiger partial charge is 0.321 e. The van der Waals surface area contributed by atoms with Gasteiger partial charge < -0.3 is 89.3 Å². The van der Waals surface area contributed by atoms with E-state index in [4.69, 9.17) is 33.2 Å². The van der Waals surface area contributed by atoms with Crippen LogP contribution in [0.5, 0.6) is 0 Å². The Morgan fingerprint density at radius 1 is 0.717 bits per heavy atom. The molecule has 302 valence electrons. The Morgan fingerprint density at radius 3 is 1.98 bits per heavy atom. The summed E-state index contributed by atoms with van der Waals surface area (Å²) in [6.45, 7) is -1.15. The van der Waals surface area contributed by atoms with Gasteiger partial charge in [-0.15, -0.1) is 0 Å². The molecular formula is C33H51NO19. The van der Waals surface area contributed by atoms with Crippen LogP contribution in [0, 0.1) is 0 Å². The molecule has 0 spiro atoms. The van der Waals surface area contributed by atoms with Crippen molar-refractivity contribution in [2.24, 2.45) is 0 Å². The number of carboxylic acids is 1. The lowest BCUT2D eigenvalue weighted by molar-refractivity contribution is -0.352. The van der Waals surface area contributed by atoms with Crippen molar-refractivity contribution in [1.82, 2.24) is 4.90 Å². The zero-order valence-electron chi connectivity index (χ0n) is 28.9. The van der Waals surface area contributed by atoms with Gasteiger partial charge in [0.1, 0.15) is 79.3 Å². The summed E-state index contributed by atoms with van der Waals surface area (Å²) >= 11 is 0. The van der Waals surface area contributed by atoms with Gasteiger partial charge in [0.2, 0.25) is 0 Å². The second kappa shape index (κ2) is 18.7. The van der Waals surface area contributed by atoms with Crippen molar-refractivity contribution in [3.05, 3.63) is 35.9 Å². The molecule has 5 rings (SSSR count). The second-order valence-electron chi connectivity index (χ2n) is 13.7. The maximum absolute atomic E-state index is 12.4. The molecule has 11 N–H and O–H groups in total. The lowest BCUT2D eigenvalue weighted by Gasteiger charge is -2.47. The highest BCUT2D eigenvalue weighted by molar-refractivity contribution is 5.74. The molecule has 0 bridgehead atoms. The minimum Gasteiger partial charge on any atom is -0.480 e. The Bertz CT molecular complexity index is 1280. The van der Waals surface area contributed by atoms with E-state index in [-0.39, 0.29) is 19.5 Å². The molecule has 4 aliphatic heterocycles. The summed E-state index contributed by atoms with van der Waals surface area (Å²) in [4.78, 5) is 13.9. The van der Waals surface area contributed by atoms with Crippen LogP contribution < -0.4 is 0 Å². The molecule has 1 aromatic rings. The van der Waals surface area contributed by atoms with Gasteiger partial charge in [0.25, 0.3) is 0 Å². The topological polar surface area (TPSA) is 307 Å². The Hall–Kier alpha value is -2.03. The van der Waals surface area contributed by atoms with E-state index in [1.807, 2.05) is 0 Å². The Balaban J connectivity index is 1.25. The number of rotatable bonds is 14. The lowest BCUT2D eigenvalue weighted by atomic mass is 9.94. The minimum atomic E-state index is -1.82. The number of benzene rings is 1. The van der Waals surface area contributed by atoms with Gasteiger partial charge in [-0.05, 0) is 18.9 Å². The Morgan fingerprint density at radius 2 is 1.34 bits per heavy atom. The van der Waals surface area contributed by atoms with Gasteiger partial charge in [0, 0.05) is 6.54 Å². The van der Waals surface area contributed by atoms with Gasteiger partial charge in [-0.25, -0.2) is 0 Å². The minimum absolute atomic E-state index is 0.0436. The molecule has 20 heteroatoms. The first kappa shape index (κ1) is 42.1. The largest absolute Gasteiger partial charge is 0.480 e. The average Bonchev–Trinajstić information content (AvgIpc) is 3.15. The maximum atomic E-state index is 12.4. The van der Waals surface area contributed by atoms with Crippen LogP contribution in [0.1, 0.15) is 12.5 Å². The summed E-state index contributed by atoms with van der Waals surface area (Å²) < 4.78 is 39.9. The Labute approximate surface area is 304 Å². The van der Waals surface area contributed by atoms with Gasteiger partial charge in [-0.1, -0.05) is 30.3 Å². The summed E-state index contributed by atoms with van der Waals surface area (Å²) in [6.07, 6.45) is -25.2. The summed E-state index contributed by atoms with van der Waals surface area (Å²) in [5.74, 6) is -1.12. The molecule has 4 saturated heterocycles. The fourth-order valence-corrected chi connectivity index (χ4v) is 6.94. The zero-order valence-corrected chi connectivity index (χ0v) is 28.9. The van der Waals surface area contributed by atoms with Crippen molar-refractivity contribution in [3.8, 4) is 0 Å². The molecule has 0 saturated carbocycles. The Kier molecular flexibility index (Phi) is 14.9. The third-order valence-corrected chi connectivity index (χ3v) is 9.99. The normalized spacial score (nSPS) is 43.3. The van der Waals surface area contributed by atoms with Crippen LogP contribution in [-0.2, 0) is 44.4 Å². The number of carboxylic acid groups (broad SMARTS) is 1. The number of aliphatic hydroxyl groups excluding tert-OH is 10. The number of hydrogen-bond donors (Lipinski definition) is 11. The summed E-state index contributed by atoms with van der Waals surface area (Å²) in [5, 5.41) is 114. The van der Waals surface area contributed by atoms with Crippen LogP contribution in [0.15, 0.2) is 30.3 Å². The van der Waals surface area contributed by atoms with E-state index in [0.29, 0.717) is 0 Å². The number of aliphatic hydroxyl groups is 10. The van der Waals surface area contributed by atoms with E-state index >= 15 is 0 Å². The van der Waals surface area contributed by atoms with Crippen LogP contribution in [0.2, 0.25) is 0 Å². The number of nitrogens with zero attached hydrogens (tertiary/aromatic N) is 1. The predicted molar refractivity (Wildman–Crippen MR) is 172 cm³/mol. The fourth-order valence-electron chi connectivity index (χ4n) is 6.94. The molecule has 20 nitrogen and oxygen atoms in total. The van der Waals surface area contributed by atoms with Gasteiger partial charge in [-0.3, -0.25) is 9.69 Å². The van der Waals surface area contributed by atoms with Crippen molar-refractivity contribution >= 4 is 5.97 Å². The SMILES string of the molecule is CC1OC(COC2OC(CO)C(O)C(OC3CN([C@@H](Cc4ccccc4)C(=O)O)CC(CO)O3)C2O)C(O)C(OC2OC(CO)C(O)C(O)C2O)C1O. The molecule has 18 atom stereocenters. The highest BCUT2D eigenvalue weighted by Crippen LogP contribution is 2.32. The number of ether oxygens (including phenoxy) is 7. The monoisotopic (exact) mass is 765 g/mol. The number of hydrogen-bond acceptors (Lipinski definition) is 19. The number of carbonyl (C=O) groups is 1. The molecule has 53 heavy (non-hydrogen) atoms. The average molecular weight is 766 g/mol. The zero-order chi connectivity index (χ0) is 38.6. The van der Waals surface area contributed by atoms with Crippen LogP contribution in [0.4, 0.5) is 0 Å². The van der Waals surface area contributed by atoms with Gasteiger partial charge in [0.15, 0.2) is 18.9 Å². The molecule has 17 unspecified atom stereocenters. The van der Waals surface area contributed by atoms with E-state index in [2.05, 4.69) is 0 Å². The van der Waals surface area contributed by atoms with E-state index in [1.54, 1.807) is 35.2 Å². The summed E-state index contributed by atoms with van der Waals surface area (Å²) in [7, 11) is 0. The molecule has 0 aliphatic carbocycles. The highest BCUT2D eigenvalue weighted by atomic mass is 16.7. The summed E-state index contributed by atoms with van der Waals surface area (Å²) in [6, 6.07) is 7.89. The first-order chi connectivity index (χ1) is 25.3. The van der Waals surface area contributed by atoms with Crippen molar-refractivity contribution in [2.45, 2.75) is 124 Å². The molecule has 0 amide bonds. The van der Waals surface area contributed by atoms with Crippen molar-refractivity contribution in [2.75, 3.05) is 39.5 Å². The fraction of sp³-hybridized carbons (Fsp3) is 0.788. The highest BCUT2D eigenvalue weighted by Gasteiger charge is 2.52. The van der Waals surface area contributed by atoms with Crippen molar-refractivity contribution in [3.63, 3.8) is 0 Å². The second-order valence-corrected chi connectivity index (χ2v) is 13.7. The van der Waals surface area contributed by atoms with Crippen molar-refractivity contribution in [1.29, 1.82) is 0 Å². The molecule has 0 aromatic heterocycles. The molecular weight excluding hydrogens is 714 g/mol. The van der Waals surface area contributed by atoms with Crippen LogP contribution in [0.3, 0.4) is 0 Å². The van der Waals surface area contributed by atoms with Crippen LogP contribution in [0.25, 0.3) is 0 Å². The first-order valence-corrected chi connectivity index (χ1v) is 17.4. The number of morpholine rings is 1. The predicted octanol–water partition coefficient (Wildman–Crippen LogP) is -5.76. The van der Waals surface area contributed by atoms with Gasteiger partial charge >= 0.3 is 5.97 Å². The lowest BCUT2D eigenvalue weighted by Crippen LogP contribution is -2.65. The number of aliphatic carboxylic acids is 1. The van der Waals surface area contributed by atoms with E-state index < -0.39 is 143 Å². The van der Waals surface area contributed by atoms with Gasteiger partial charge in [0.05, 0.1) is 45.2 Å². The molecule has 1 aromatic carbocycles. The molecule has 4 fully saturated rings. The first-order valence-electron chi connectivity index (χ1n) is 17.4. The molecule has 0 radical (unpaired) electrons. The van der Waals surface area contributed by atoms with E-state index in [9.17, 15) is 61.0 Å². The third-order valence-electron chi connectivity index (χ3n) is 9.99. The summed E-state index contributed by atoms with van der Waals surface area (Å²) in [5.41, 5.74) is 0.758. The van der Waals surface area contributed by atoms with Crippen LogP contribution >= 0.6 is 0 Å². The molecule has 4 heterocycles. The third kappa shape index (κ3) is 9.68. The van der Waals surface area contributed by atoms with Gasteiger partial charge in [-0.2, -0.15) is 0 Å². The van der Waals surface area contributed by atoms with Crippen molar-refractivity contribution < 1.29 is 94.1 Å². The quantitative estimate of drug-likeness (QED) is 0.0841. The molecule has 4 aliphatic rings. The van der Waals surface area contributed by atoms with Crippen LogP contribution in [-0.4, -0.2) is 217 Å². The maximum Gasteiger partial charge on any atom is 0.321 e. The van der Waals surface area contributed by atoms with E-state index in [1.165, 1.54) is 6.92 Å². The standard InChI is InChI=1S/C33H51NO19/c1-14-22(38)29(53-33-27(43)26(42)23(39)18(11-36)51-33)25(41)20(48-14)13-47-32-28(44)30(24(40)19(12-37)50-32)52-21-9-34(8-16(10-35)49-21)17(31(45)46)7-15-5-3-2-4-6-15/h2-6,14,16-30,32-33,35-44H,7-13H2,1H3,(H,45,46)/t14?,16?,17-,18?,19?,20?,21?,22?,23?,24?,25?,26?,27?,28?,29?,30?,32?,33?/m0/s1.